The van der Waals surface area contributed by atoms with Gasteiger partial charge < -0.3 is 9.47 Å². The monoisotopic (exact) mass is 670 g/mol. The predicted molar refractivity (Wildman–Crippen MR) is 222 cm³/mol. The zero-order valence-corrected chi connectivity index (χ0v) is 29.3. The molecule has 0 saturated heterocycles. The molecular formula is C50H38O2. The summed E-state index contributed by atoms with van der Waals surface area (Å²) in [6, 6.07) is 60.4. The van der Waals surface area contributed by atoms with E-state index in [0.29, 0.717) is 0 Å². The Balaban J connectivity index is 1.37. The second-order valence-corrected chi connectivity index (χ2v) is 12.9. The molecule has 2 heteroatoms. The molecule has 0 unspecified atom stereocenters. The minimum atomic E-state index is 0.844. The van der Waals surface area contributed by atoms with E-state index in [-0.39, 0.29) is 0 Å². The lowest BCUT2D eigenvalue weighted by molar-refractivity contribution is 0.414. The number of methoxy groups -OCH3 is 2. The molecule has 0 saturated carbocycles. The summed E-state index contributed by atoms with van der Waals surface area (Å²) in [7, 11) is 3.39. The van der Waals surface area contributed by atoms with Gasteiger partial charge in [-0.3, -0.25) is 0 Å². The zero-order chi connectivity index (χ0) is 35.3. The molecule has 8 rings (SSSR count). The molecule has 0 bridgehead atoms. The summed E-state index contributed by atoms with van der Waals surface area (Å²) in [5.74, 6) is 1.69. The summed E-state index contributed by atoms with van der Waals surface area (Å²) < 4.78 is 10.8. The molecule has 0 aliphatic heterocycles. The third-order valence-corrected chi connectivity index (χ3v) is 9.71. The SMILES string of the molecule is COc1ccc(/C=C\c2ccc3cc(-c4ccccc4)ccc3c2-c2c(/C=C\c3ccc(OC)cc3)ccc3cc(-c4ccccc4)ccc23)cc1. The van der Waals surface area contributed by atoms with Gasteiger partial charge in [-0.2, -0.15) is 0 Å². The molecule has 0 atom stereocenters. The molecule has 0 amide bonds. The van der Waals surface area contributed by atoms with Crippen LogP contribution in [-0.4, -0.2) is 14.2 Å². The van der Waals surface area contributed by atoms with E-state index in [1.165, 1.54) is 54.9 Å². The van der Waals surface area contributed by atoms with E-state index < -0.39 is 0 Å². The first kappa shape index (κ1) is 32.6. The van der Waals surface area contributed by atoms with E-state index in [1.807, 2.05) is 24.3 Å². The van der Waals surface area contributed by atoms with E-state index in [9.17, 15) is 0 Å². The fourth-order valence-electron chi connectivity index (χ4n) is 6.95. The van der Waals surface area contributed by atoms with Crippen LogP contribution in [0.25, 0.3) is 79.2 Å². The van der Waals surface area contributed by atoms with Crippen molar-refractivity contribution in [1.82, 2.24) is 0 Å². The molecule has 250 valence electrons. The molecule has 0 aromatic heterocycles. The van der Waals surface area contributed by atoms with E-state index in [2.05, 4.69) is 170 Å². The second-order valence-electron chi connectivity index (χ2n) is 12.9. The van der Waals surface area contributed by atoms with Crippen LogP contribution in [0.1, 0.15) is 22.3 Å². The van der Waals surface area contributed by atoms with Crippen LogP contribution in [0.3, 0.4) is 0 Å². The van der Waals surface area contributed by atoms with Crippen LogP contribution in [0.4, 0.5) is 0 Å². The molecule has 0 aliphatic carbocycles. The Hall–Kier alpha value is -6.64. The van der Waals surface area contributed by atoms with Gasteiger partial charge in [-0.1, -0.05) is 158 Å². The molecule has 0 aliphatic rings. The molecule has 0 radical (unpaired) electrons. The van der Waals surface area contributed by atoms with E-state index in [0.717, 1.165) is 33.8 Å². The first-order valence-electron chi connectivity index (χ1n) is 17.6. The first-order chi connectivity index (χ1) is 25.7. The molecule has 0 N–H and O–H groups in total. The highest BCUT2D eigenvalue weighted by atomic mass is 16.5. The van der Waals surface area contributed by atoms with Gasteiger partial charge in [-0.15, -0.1) is 0 Å². The highest BCUT2D eigenvalue weighted by Gasteiger charge is 2.17. The summed E-state index contributed by atoms with van der Waals surface area (Å²) in [5.41, 5.74) is 11.7. The van der Waals surface area contributed by atoms with Crippen LogP contribution in [0.5, 0.6) is 11.5 Å². The predicted octanol–water partition coefficient (Wildman–Crippen LogP) is 13.4. The highest BCUT2D eigenvalue weighted by Crippen LogP contribution is 2.42. The summed E-state index contributed by atoms with van der Waals surface area (Å²) in [6.07, 6.45) is 8.87. The lowest BCUT2D eigenvalue weighted by Crippen LogP contribution is -1.93. The summed E-state index contributed by atoms with van der Waals surface area (Å²) >= 11 is 0. The minimum Gasteiger partial charge on any atom is -0.497 e. The van der Waals surface area contributed by atoms with Gasteiger partial charge in [0.15, 0.2) is 0 Å². The van der Waals surface area contributed by atoms with Gasteiger partial charge in [-0.05, 0) is 114 Å². The van der Waals surface area contributed by atoms with E-state index >= 15 is 0 Å². The minimum absolute atomic E-state index is 0.844. The molecular weight excluding hydrogens is 633 g/mol. The second kappa shape index (κ2) is 14.7. The molecule has 52 heavy (non-hydrogen) atoms. The summed E-state index contributed by atoms with van der Waals surface area (Å²) in [6.45, 7) is 0. The Kier molecular flexibility index (Phi) is 9.19. The smallest absolute Gasteiger partial charge is 0.118 e. The standard InChI is InChI=1S/C50H38O2/c1-51-45-27-15-35(16-28-45)13-19-39-21-23-43-33-41(37-9-5-3-6-10-37)25-31-47(43)49(39)50-40(20-14-36-17-29-46(52-2)30-18-36)22-24-44-34-42(26-32-48(44)50)38-11-7-4-8-12-38/h3-34H,1-2H3/b19-13-,20-14-. The number of ether oxygens (including phenoxy) is 2. The van der Waals surface area contributed by atoms with Crippen molar-refractivity contribution in [3.8, 4) is 44.9 Å². The Morgan fingerprint density at radius 1 is 0.346 bits per heavy atom. The molecule has 0 heterocycles. The maximum Gasteiger partial charge on any atom is 0.118 e. The quantitative estimate of drug-likeness (QED) is 0.142. The number of fused-ring (bicyclic) bond motifs is 2. The number of benzene rings is 8. The van der Waals surface area contributed by atoms with E-state index in [4.69, 9.17) is 9.47 Å². The van der Waals surface area contributed by atoms with Crippen molar-refractivity contribution in [2.75, 3.05) is 14.2 Å². The van der Waals surface area contributed by atoms with Gasteiger partial charge in [0.25, 0.3) is 0 Å². The number of hydrogen-bond donors (Lipinski definition) is 0. The molecule has 0 fully saturated rings. The van der Waals surface area contributed by atoms with Crippen molar-refractivity contribution >= 4 is 45.8 Å². The molecule has 2 nitrogen and oxygen atoms in total. The van der Waals surface area contributed by atoms with Gasteiger partial charge in [0.1, 0.15) is 11.5 Å². The zero-order valence-electron chi connectivity index (χ0n) is 29.3. The van der Waals surface area contributed by atoms with Gasteiger partial charge in [0.2, 0.25) is 0 Å². The summed E-state index contributed by atoms with van der Waals surface area (Å²) in [4.78, 5) is 0. The lowest BCUT2D eigenvalue weighted by atomic mass is 9.85. The molecule has 8 aromatic rings. The third kappa shape index (κ3) is 6.75. The Bertz CT molecular complexity index is 2360. The van der Waals surface area contributed by atoms with Crippen LogP contribution < -0.4 is 9.47 Å². The van der Waals surface area contributed by atoms with Crippen LogP contribution in [0, 0.1) is 0 Å². The van der Waals surface area contributed by atoms with Crippen LogP contribution in [-0.2, 0) is 0 Å². The maximum atomic E-state index is 5.42. The highest BCUT2D eigenvalue weighted by molar-refractivity contribution is 6.12. The lowest BCUT2D eigenvalue weighted by Gasteiger charge is -2.18. The van der Waals surface area contributed by atoms with Crippen molar-refractivity contribution < 1.29 is 9.47 Å². The fourth-order valence-corrected chi connectivity index (χ4v) is 6.95. The Labute approximate surface area is 305 Å². The number of rotatable bonds is 9. The third-order valence-electron chi connectivity index (χ3n) is 9.71. The average molecular weight is 671 g/mol. The Morgan fingerprint density at radius 2 is 0.750 bits per heavy atom. The van der Waals surface area contributed by atoms with Crippen molar-refractivity contribution in [3.05, 3.63) is 192 Å². The first-order valence-corrected chi connectivity index (χ1v) is 17.6. The number of hydrogen-bond acceptors (Lipinski definition) is 2. The van der Waals surface area contributed by atoms with Gasteiger partial charge >= 0.3 is 0 Å². The van der Waals surface area contributed by atoms with Crippen LogP contribution in [0.15, 0.2) is 170 Å². The van der Waals surface area contributed by atoms with Crippen molar-refractivity contribution in [2.45, 2.75) is 0 Å². The Morgan fingerprint density at radius 3 is 1.13 bits per heavy atom. The van der Waals surface area contributed by atoms with E-state index in [1.54, 1.807) is 14.2 Å². The maximum absolute atomic E-state index is 5.42. The van der Waals surface area contributed by atoms with Gasteiger partial charge in [-0.25, -0.2) is 0 Å². The molecule has 0 spiro atoms. The van der Waals surface area contributed by atoms with Gasteiger partial charge in [0.05, 0.1) is 14.2 Å². The van der Waals surface area contributed by atoms with Crippen LogP contribution in [0.2, 0.25) is 0 Å². The van der Waals surface area contributed by atoms with Gasteiger partial charge in [0, 0.05) is 0 Å². The largest absolute Gasteiger partial charge is 0.497 e. The average Bonchev–Trinajstić information content (AvgIpc) is 3.22. The topological polar surface area (TPSA) is 18.5 Å². The molecule has 8 aromatic carbocycles. The van der Waals surface area contributed by atoms with Crippen molar-refractivity contribution in [3.63, 3.8) is 0 Å². The normalized spacial score (nSPS) is 11.5. The fraction of sp³-hybridized carbons (Fsp3) is 0.0400. The van der Waals surface area contributed by atoms with Crippen molar-refractivity contribution in [2.24, 2.45) is 0 Å². The van der Waals surface area contributed by atoms with Crippen LogP contribution >= 0.6 is 0 Å². The summed E-state index contributed by atoms with van der Waals surface area (Å²) in [5, 5.41) is 4.80. The van der Waals surface area contributed by atoms with Crippen molar-refractivity contribution in [1.29, 1.82) is 0 Å².